The van der Waals surface area contributed by atoms with Crippen molar-refractivity contribution in [2.75, 3.05) is 13.1 Å². The second-order valence-electron chi connectivity index (χ2n) is 8.66. The fraction of sp³-hybridized carbons (Fsp3) is 0.882. The van der Waals surface area contributed by atoms with E-state index in [0.29, 0.717) is 24.9 Å². The number of phosphoric acid groups is 1. The maximum atomic E-state index is 12.4. The Morgan fingerprint density at radius 3 is 2.36 bits per heavy atom. The predicted molar refractivity (Wildman–Crippen MR) is 90.5 cm³/mol. The summed E-state index contributed by atoms with van der Waals surface area (Å²) in [6, 6.07) is 1.99. The third-order valence-corrected chi connectivity index (χ3v) is 6.37. The Labute approximate surface area is 187 Å². The van der Waals surface area contributed by atoms with Crippen LogP contribution in [-0.4, -0.2) is 51.1 Å². The molecule has 1 amide bonds. The molecule has 11 heteroatoms. The number of likely N-dealkylation sites (tertiary alicyclic amines) is 1. The van der Waals surface area contributed by atoms with E-state index in [1.807, 2.05) is 0 Å². The topological polar surface area (TPSA) is 160 Å². The van der Waals surface area contributed by atoms with Gasteiger partial charge in [0.25, 0.3) is 0 Å². The Balaban J connectivity index is 0.000000420. The average Bonchev–Trinajstić information content (AvgIpc) is 2.97. The van der Waals surface area contributed by atoms with Crippen molar-refractivity contribution in [3.8, 4) is 6.07 Å². The fourth-order valence-corrected chi connectivity index (χ4v) is 5.99. The van der Waals surface area contributed by atoms with Gasteiger partial charge in [0.05, 0.1) is 26.0 Å². The van der Waals surface area contributed by atoms with Crippen LogP contribution in [-0.2, 0) is 9.36 Å². The summed E-state index contributed by atoms with van der Waals surface area (Å²) < 4.78 is 8.66. The molecule has 4 saturated carbocycles. The first-order chi connectivity index (χ1) is 12.5. The largest absolute Gasteiger partial charge is 1.00 e. The van der Waals surface area contributed by atoms with Crippen LogP contribution in [0.25, 0.3) is 0 Å². The van der Waals surface area contributed by atoms with Gasteiger partial charge in [-0.15, -0.1) is 0 Å². The SMILES string of the molecule is N#C[C@@H]1CCCN1C(=O)CNC12CC3CC(CC(O)(C3)C1)C2.O=P([O-])([O-])O.[Na+]. The number of nitriles is 1. The van der Waals surface area contributed by atoms with Gasteiger partial charge in [-0.2, -0.15) is 5.26 Å². The molecule has 0 aromatic heterocycles. The van der Waals surface area contributed by atoms with Gasteiger partial charge in [0.1, 0.15) is 6.04 Å². The zero-order valence-corrected chi connectivity index (χ0v) is 19.1. The number of carbonyl (C=O) groups is 1. The van der Waals surface area contributed by atoms with Crippen LogP contribution in [0.3, 0.4) is 0 Å². The summed E-state index contributed by atoms with van der Waals surface area (Å²) in [7, 11) is -5.14. The molecular weight excluding hydrogens is 396 g/mol. The average molecular weight is 422 g/mol. The molecule has 0 aromatic rings. The molecule has 5 fully saturated rings. The van der Waals surface area contributed by atoms with Crippen LogP contribution in [0, 0.1) is 23.2 Å². The van der Waals surface area contributed by atoms with Gasteiger partial charge in [0, 0.05) is 12.1 Å². The first kappa shape index (κ1) is 24.3. The predicted octanol–water partition coefficient (Wildman–Crippen LogP) is -4.01. The van der Waals surface area contributed by atoms with Gasteiger partial charge in [-0.3, -0.25) is 4.79 Å². The minimum atomic E-state index is -5.14. The van der Waals surface area contributed by atoms with Crippen molar-refractivity contribution < 1.29 is 58.7 Å². The molecule has 152 valence electrons. The number of nitrogens with zero attached hydrogens (tertiary/aromatic N) is 2. The van der Waals surface area contributed by atoms with Gasteiger partial charge in [-0.25, -0.2) is 0 Å². The summed E-state index contributed by atoms with van der Waals surface area (Å²) in [5, 5.41) is 23.4. The fourth-order valence-electron chi connectivity index (χ4n) is 5.99. The van der Waals surface area contributed by atoms with Crippen molar-refractivity contribution >= 4 is 13.7 Å². The van der Waals surface area contributed by atoms with Crippen molar-refractivity contribution in [1.82, 2.24) is 10.2 Å². The second-order valence-corrected chi connectivity index (χ2v) is 9.60. The number of rotatable bonds is 3. The van der Waals surface area contributed by atoms with Crippen LogP contribution in [0.15, 0.2) is 0 Å². The standard InChI is InChI=1S/C17H25N3O2.Na.H3O4P/c18-9-14-2-1-3-20(14)15(21)10-19-16-5-12-4-13(6-16)8-17(22,7-12)11-16;;1-5(2,3)4/h12-14,19,22H,1-8,10-11H2;;(H3,1,2,3,4)/q;+1;/p-2/t12?,13?,14-,16?,17?;;/m0../s1. The van der Waals surface area contributed by atoms with E-state index in [4.69, 9.17) is 24.5 Å². The molecule has 2 unspecified atom stereocenters. The van der Waals surface area contributed by atoms with Crippen LogP contribution < -0.4 is 44.7 Å². The quantitative estimate of drug-likeness (QED) is 0.306. The summed E-state index contributed by atoms with van der Waals surface area (Å²) in [5.74, 6) is 1.28. The number of nitrogens with one attached hydrogen (secondary N) is 1. The minimum Gasteiger partial charge on any atom is -0.790 e. The van der Waals surface area contributed by atoms with Gasteiger partial charge < -0.3 is 34.6 Å². The molecule has 0 spiro atoms. The Bertz CT molecular complexity index is 658. The van der Waals surface area contributed by atoms with Crippen LogP contribution in [0.5, 0.6) is 0 Å². The molecule has 1 aliphatic heterocycles. The third-order valence-electron chi connectivity index (χ3n) is 6.37. The molecule has 3 N–H and O–H groups in total. The van der Waals surface area contributed by atoms with E-state index in [9.17, 15) is 9.90 Å². The zero-order chi connectivity index (χ0) is 19.9. The van der Waals surface area contributed by atoms with E-state index in [1.165, 1.54) is 6.42 Å². The molecule has 28 heavy (non-hydrogen) atoms. The molecule has 4 aliphatic carbocycles. The van der Waals surface area contributed by atoms with Crippen LogP contribution in [0.4, 0.5) is 0 Å². The third kappa shape index (κ3) is 6.00. The molecule has 5 aliphatic rings. The van der Waals surface area contributed by atoms with Crippen LogP contribution in [0.2, 0.25) is 0 Å². The molecular formula is C17H26N3NaO6P-. The Hall–Kier alpha value is -0.0100. The first-order valence-electron chi connectivity index (χ1n) is 9.42. The monoisotopic (exact) mass is 422 g/mol. The van der Waals surface area contributed by atoms with Crippen molar-refractivity contribution in [2.45, 2.75) is 68.5 Å². The molecule has 3 atom stereocenters. The second kappa shape index (κ2) is 9.01. The molecule has 1 saturated heterocycles. The van der Waals surface area contributed by atoms with Crippen LogP contribution >= 0.6 is 7.82 Å². The number of hydrogen-bond acceptors (Lipinski definition) is 7. The summed E-state index contributed by atoms with van der Waals surface area (Å²) in [6.45, 7) is 1.02. The number of hydrogen-bond donors (Lipinski definition) is 3. The Morgan fingerprint density at radius 1 is 1.29 bits per heavy atom. The van der Waals surface area contributed by atoms with Gasteiger partial charge in [-0.05, 0) is 63.2 Å². The van der Waals surface area contributed by atoms with Crippen molar-refractivity contribution in [3.63, 3.8) is 0 Å². The van der Waals surface area contributed by atoms with E-state index in [1.54, 1.807) is 4.90 Å². The Morgan fingerprint density at radius 2 is 1.86 bits per heavy atom. The van der Waals surface area contributed by atoms with E-state index in [0.717, 1.165) is 44.9 Å². The summed E-state index contributed by atoms with van der Waals surface area (Å²) in [5.41, 5.74) is -0.542. The summed E-state index contributed by atoms with van der Waals surface area (Å²) >= 11 is 0. The molecule has 1 heterocycles. The van der Waals surface area contributed by atoms with Gasteiger partial charge in [0.15, 0.2) is 0 Å². The van der Waals surface area contributed by atoms with Crippen molar-refractivity contribution in [3.05, 3.63) is 0 Å². The maximum absolute atomic E-state index is 12.4. The molecule has 0 aromatic carbocycles. The minimum absolute atomic E-state index is 0. The van der Waals surface area contributed by atoms with E-state index >= 15 is 0 Å². The number of amides is 1. The molecule has 0 radical (unpaired) electrons. The smallest absolute Gasteiger partial charge is 0.790 e. The maximum Gasteiger partial charge on any atom is 1.00 e. The number of aliphatic hydroxyl groups is 1. The summed E-state index contributed by atoms with van der Waals surface area (Å²) in [6.07, 6.45) is 7.87. The molecule has 4 bridgehead atoms. The zero-order valence-electron chi connectivity index (χ0n) is 16.2. The van der Waals surface area contributed by atoms with Gasteiger partial charge >= 0.3 is 29.6 Å². The first-order valence-corrected chi connectivity index (χ1v) is 10.9. The normalized spacial score (nSPS) is 38.2. The van der Waals surface area contributed by atoms with Crippen molar-refractivity contribution in [1.29, 1.82) is 5.26 Å². The molecule has 5 rings (SSSR count). The van der Waals surface area contributed by atoms with E-state index in [2.05, 4.69) is 11.4 Å². The number of carbonyl (C=O) groups excluding carboxylic acids is 1. The van der Waals surface area contributed by atoms with Crippen molar-refractivity contribution in [2.24, 2.45) is 11.8 Å². The van der Waals surface area contributed by atoms with Gasteiger partial charge in [0.2, 0.25) is 5.91 Å². The molecule has 9 nitrogen and oxygen atoms in total. The van der Waals surface area contributed by atoms with E-state index < -0.39 is 13.4 Å². The summed E-state index contributed by atoms with van der Waals surface area (Å²) in [4.78, 5) is 38.4. The van der Waals surface area contributed by atoms with E-state index in [-0.39, 0.29) is 47.0 Å². The Kier molecular flexibility index (Phi) is 7.80. The van der Waals surface area contributed by atoms with Gasteiger partial charge in [-0.1, -0.05) is 0 Å². The van der Waals surface area contributed by atoms with Crippen LogP contribution in [0.1, 0.15) is 51.4 Å².